The lowest BCUT2D eigenvalue weighted by Gasteiger charge is -2.36. The van der Waals surface area contributed by atoms with E-state index in [-0.39, 0.29) is 11.7 Å². The fourth-order valence-electron chi connectivity index (χ4n) is 3.57. The Morgan fingerprint density at radius 2 is 1.90 bits per heavy atom. The Balaban J connectivity index is 1.51. The Morgan fingerprint density at radius 3 is 2.60 bits per heavy atom. The predicted molar refractivity (Wildman–Crippen MR) is 115 cm³/mol. The molecule has 0 spiro atoms. The van der Waals surface area contributed by atoms with Crippen molar-refractivity contribution in [3.8, 4) is 11.6 Å². The smallest absolute Gasteiger partial charge is 0.235 e. The van der Waals surface area contributed by atoms with Gasteiger partial charge in [0, 0.05) is 23.8 Å². The van der Waals surface area contributed by atoms with Gasteiger partial charge in [0.1, 0.15) is 11.6 Å². The number of pyridine rings is 1. The quantitative estimate of drug-likeness (QED) is 0.537. The molecule has 0 radical (unpaired) electrons. The SMILES string of the molecule is O=C(Nc1ccc(Oc2cccc(Br)c2)nc1)C1(c2cccc(F)c2)CCOCC1. The number of amides is 1. The Kier molecular flexibility index (Phi) is 6.11. The zero-order valence-corrected chi connectivity index (χ0v) is 17.7. The van der Waals surface area contributed by atoms with E-state index in [0.29, 0.717) is 48.9 Å². The number of nitrogens with zero attached hydrogens (tertiary/aromatic N) is 1. The van der Waals surface area contributed by atoms with E-state index < -0.39 is 5.41 Å². The maximum Gasteiger partial charge on any atom is 0.235 e. The fourth-order valence-corrected chi connectivity index (χ4v) is 3.95. The van der Waals surface area contributed by atoms with Gasteiger partial charge in [0.2, 0.25) is 11.8 Å². The number of anilines is 1. The van der Waals surface area contributed by atoms with Crippen LogP contribution in [-0.2, 0) is 14.9 Å². The second-order valence-electron chi connectivity index (χ2n) is 7.10. The van der Waals surface area contributed by atoms with Crippen molar-refractivity contribution < 1.29 is 18.7 Å². The number of carbonyl (C=O) groups is 1. The van der Waals surface area contributed by atoms with Gasteiger partial charge in [-0.1, -0.05) is 34.1 Å². The number of hydrogen-bond acceptors (Lipinski definition) is 4. The average molecular weight is 471 g/mol. The summed E-state index contributed by atoms with van der Waals surface area (Å²) in [6.07, 6.45) is 2.52. The number of nitrogens with one attached hydrogen (secondary N) is 1. The number of aromatic nitrogens is 1. The van der Waals surface area contributed by atoms with E-state index in [1.54, 1.807) is 30.5 Å². The zero-order chi connectivity index (χ0) is 21.0. The topological polar surface area (TPSA) is 60.5 Å². The first-order valence-electron chi connectivity index (χ1n) is 9.60. The Bertz CT molecular complexity index is 1040. The first-order valence-corrected chi connectivity index (χ1v) is 10.4. The molecule has 1 fully saturated rings. The van der Waals surface area contributed by atoms with Crippen LogP contribution in [0.3, 0.4) is 0 Å². The maximum atomic E-state index is 13.8. The summed E-state index contributed by atoms with van der Waals surface area (Å²) >= 11 is 3.40. The van der Waals surface area contributed by atoms with Crippen molar-refractivity contribution in [1.29, 1.82) is 0 Å². The highest BCUT2D eigenvalue weighted by Crippen LogP contribution is 2.36. The third-order valence-electron chi connectivity index (χ3n) is 5.17. The van der Waals surface area contributed by atoms with Gasteiger partial charge in [-0.2, -0.15) is 0 Å². The number of halogens is 2. The van der Waals surface area contributed by atoms with Crippen molar-refractivity contribution in [3.05, 3.63) is 82.7 Å². The standard InChI is InChI=1S/C23H20BrFN2O3/c24-17-4-2-6-20(14-17)30-21-8-7-19(15-26-21)27-22(28)23(9-11-29-12-10-23)16-3-1-5-18(25)13-16/h1-8,13-15H,9-12H2,(H,27,28). The molecule has 0 bridgehead atoms. The summed E-state index contributed by atoms with van der Waals surface area (Å²) in [4.78, 5) is 17.5. The Labute approximate surface area is 182 Å². The summed E-state index contributed by atoms with van der Waals surface area (Å²) in [5, 5.41) is 2.93. The molecule has 1 aliphatic rings. The lowest BCUT2D eigenvalue weighted by Crippen LogP contribution is -2.44. The first kappa shape index (κ1) is 20.5. The van der Waals surface area contributed by atoms with Gasteiger partial charge in [-0.3, -0.25) is 4.79 Å². The molecular weight excluding hydrogens is 451 g/mol. The molecule has 1 aromatic heterocycles. The molecule has 5 nitrogen and oxygen atoms in total. The number of hydrogen-bond donors (Lipinski definition) is 1. The summed E-state index contributed by atoms with van der Waals surface area (Å²) in [6.45, 7) is 0.892. The Hall–Kier alpha value is -2.77. The molecule has 4 rings (SSSR count). The second-order valence-corrected chi connectivity index (χ2v) is 8.02. The molecule has 3 aromatic rings. The van der Waals surface area contributed by atoms with E-state index >= 15 is 0 Å². The summed E-state index contributed by atoms with van der Waals surface area (Å²) in [5.74, 6) is 0.513. The van der Waals surface area contributed by atoms with Crippen LogP contribution < -0.4 is 10.1 Å². The molecule has 2 heterocycles. The second kappa shape index (κ2) is 8.93. The molecule has 30 heavy (non-hydrogen) atoms. The summed E-state index contributed by atoms with van der Waals surface area (Å²) in [5.41, 5.74) is 0.362. The van der Waals surface area contributed by atoms with E-state index in [1.807, 2.05) is 24.3 Å². The third kappa shape index (κ3) is 4.52. The van der Waals surface area contributed by atoms with Crippen molar-refractivity contribution in [1.82, 2.24) is 4.98 Å². The van der Waals surface area contributed by atoms with E-state index in [0.717, 1.165) is 4.47 Å². The lowest BCUT2D eigenvalue weighted by molar-refractivity contribution is -0.125. The van der Waals surface area contributed by atoms with Crippen molar-refractivity contribution >= 4 is 27.5 Å². The van der Waals surface area contributed by atoms with E-state index in [2.05, 4.69) is 26.2 Å². The van der Waals surface area contributed by atoms with Gasteiger partial charge in [0.25, 0.3) is 0 Å². The van der Waals surface area contributed by atoms with E-state index in [1.165, 1.54) is 12.1 Å². The molecule has 0 saturated carbocycles. The van der Waals surface area contributed by atoms with Crippen molar-refractivity contribution in [2.45, 2.75) is 18.3 Å². The van der Waals surface area contributed by atoms with Crippen LogP contribution in [0.15, 0.2) is 71.3 Å². The highest BCUT2D eigenvalue weighted by molar-refractivity contribution is 9.10. The summed E-state index contributed by atoms with van der Waals surface area (Å²) < 4.78 is 25.9. The van der Waals surface area contributed by atoms with Crippen LogP contribution in [0, 0.1) is 5.82 Å². The molecule has 1 amide bonds. The van der Waals surface area contributed by atoms with Gasteiger partial charge in [-0.05, 0) is 54.8 Å². The predicted octanol–water partition coefficient (Wildman–Crippen LogP) is 5.46. The van der Waals surface area contributed by atoms with Crippen LogP contribution in [0.4, 0.5) is 10.1 Å². The van der Waals surface area contributed by atoms with Crippen LogP contribution in [0.5, 0.6) is 11.6 Å². The fraction of sp³-hybridized carbons (Fsp3) is 0.217. The molecule has 1 aliphatic heterocycles. The Morgan fingerprint density at radius 1 is 1.10 bits per heavy atom. The van der Waals surface area contributed by atoms with Crippen LogP contribution in [0.25, 0.3) is 0 Å². The molecule has 7 heteroatoms. The van der Waals surface area contributed by atoms with Gasteiger partial charge in [-0.15, -0.1) is 0 Å². The average Bonchev–Trinajstić information content (AvgIpc) is 2.75. The van der Waals surface area contributed by atoms with Gasteiger partial charge in [0.05, 0.1) is 17.3 Å². The molecular formula is C23H20BrFN2O3. The zero-order valence-electron chi connectivity index (χ0n) is 16.1. The largest absolute Gasteiger partial charge is 0.439 e. The summed E-state index contributed by atoms with van der Waals surface area (Å²) in [7, 11) is 0. The monoisotopic (exact) mass is 470 g/mol. The van der Waals surface area contributed by atoms with E-state index in [4.69, 9.17) is 9.47 Å². The van der Waals surface area contributed by atoms with Crippen LogP contribution in [0.1, 0.15) is 18.4 Å². The number of rotatable bonds is 5. The molecule has 2 aromatic carbocycles. The maximum absolute atomic E-state index is 13.8. The minimum absolute atomic E-state index is 0.196. The number of benzene rings is 2. The van der Waals surface area contributed by atoms with Gasteiger partial charge in [-0.25, -0.2) is 9.37 Å². The van der Waals surface area contributed by atoms with Gasteiger partial charge >= 0.3 is 0 Å². The minimum Gasteiger partial charge on any atom is -0.439 e. The third-order valence-corrected chi connectivity index (χ3v) is 5.66. The van der Waals surface area contributed by atoms with Gasteiger partial charge in [0.15, 0.2) is 0 Å². The molecule has 0 aliphatic carbocycles. The minimum atomic E-state index is -0.841. The normalized spacial score (nSPS) is 15.4. The van der Waals surface area contributed by atoms with E-state index in [9.17, 15) is 9.18 Å². The van der Waals surface area contributed by atoms with Crippen LogP contribution in [-0.4, -0.2) is 24.1 Å². The van der Waals surface area contributed by atoms with Crippen molar-refractivity contribution in [3.63, 3.8) is 0 Å². The van der Waals surface area contributed by atoms with Crippen LogP contribution >= 0.6 is 15.9 Å². The van der Waals surface area contributed by atoms with Gasteiger partial charge < -0.3 is 14.8 Å². The van der Waals surface area contributed by atoms with Crippen molar-refractivity contribution in [2.75, 3.05) is 18.5 Å². The highest BCUT2D eigenvalue weighted by atomic mass is 79.9. The lowest BCUT2D eigenvalue weighted by atomic mass is 9.73. The molecule has 154 valence electrons. The highest BCUT2D eigenvalue weighted by Gasteiger charge is 2.42. The van der Waals surface area contributed by atoms with Crippen molar-refractivity contribution in [2.24, 2.45) is 0 Å². The molecule has 1 N–H and O–H groups in total. The molecule has 1 saturated heterocycles. The molecule has 0 atom stereocenters. The number of carbonyl (C=O) groups excluding carboxylic acids is 1. The van der Waals surface area contributed by atoms with Crippen LogP contribution in [0.2, 0.25) is 0 Å². The molecule has 0 unspecified atom stereocenters. The number of ether oxygens (including phenoxy) is 2. The first-order chi connectivity index (χ1) is 14.5. The summed E-state index contributed by atoms with van der Waals surface area (Å²) in [6, 6.07) is 17.1.